The third kappa shape index (κ3) is 12.1. The van der Waals surface area contributed by atoms with Crippen molar-refractivity contribution in [1.82, 2.24) is 0 Å². The molecule has 0 aliphatic carbocycles. The van der Waals surface area contributed by atoms with Crippen molar-refractivity contribution >= 4 is 0 Å². The predicted molar refractivity (Wildman–Crippen MR) is 37.5 cm³/mol. The Bertz CT molecular complexity index is 62.6. The van der Waals surface area contributed by atoms with Gasteiger partial charge in [0.2, 0.25) is 0 Å². The number of allylic oxidation sites excluding steroid dienone is 2. The number of rotatable bonds is 2. The average Bonchev–Trinajstić information content (AvgIpc) is 1.61. The minimum Gasteiger partial charge on any atom is -0.498 e. The van der Waals surface area contributed by atoms with Gasteiger partial charge in [-0.15, -0.1) is 0 Å². The summed E-state index contributed by atoms with van der Waals surface area (Å²) in [5.74, 6) is 1.23. The molecule has 0 amide bonds. The van der Waals surface area contributed by atoms with Crippen LogP contribution in [-0.2, 0) is 32.7 Å². The van der Waals surface area contributed by atoms with E-state index in [9.17, 15) is 0 Å². The van der Waals surface area contributed by atoms with Gasteiger partial charge in [-0.05, 0) is 0 Å². The van der Waals surface area contributed by atoms with Crippen molar-refractivity contribution in [2.75, 3.05) is 0 Å². The zero-order valence-corrected chi connectivity index (χ0v) is 9.65. The Balaban J connectivity index is 0. The zero-order chi connectivity index (χ0) is 6.57. The molecule has 0 aromatic rings. The van der Waals surface area contributed by atoms with Gasteiger partial charge in [-0.25, -0.2) is 0 Å². The van der Waals surface area contributed by atoms with E-state index in [2.05, 4.69) is 39.8 Å². The van der Waals surface area contributed by atoms with Crippen LogP contribution in [0.4, 0.5) is 0 Å². The van der Waals surface area contributed by atoms with Gasteiger partial charge in [0.25, 0.3) is 0 Å². The van der Waals surface area contributed by atoms with Crippen molar-refractivity contribution in [2.45, 2.75) is 27.7 Å². The Morgan fingerprint density at radius 1 is 1.11 bits per heavy atom. The number of hydrogen-bond acceptors (Lipinski definition) is 0. The quantitative estimate of drug-likeness (QED) is 0.601. The maximum atomic E-state index is 3.22. The van der Waals surface area contributed by atoms with Gasteiger partial charge in [0.1, 0.15) is 0 Å². The molecule has 0 saturated heterocycles. The third-order valence-corrected chi connectivity index (χ3v) is 0.763. The molecule has 0 saturated carbocycles. The van der Waals surface area contributed by atoms with Crippen LogP contribution in [-0.4, -0.2) is 0 Å². The molecule has 0 rings (SSSR count). The summed E-state index contributed by atoms with van der Waals surface area (Å²) < 4.78 is 0. The first-order valence-corrected chi connectivity index (χ1v) is 3.22. The van der Waals surface area contributed by atoms with E-state index in [0.717, 1.165) is 0 Å². The SMILES string of the molecule is CC(C)[C-]=CC(C)C.[Y]. The molecular formula is C8H15Y-. The van der Waals surface area contributed by atoms with E-state index in [1.807, 2.05) is 0 Å². The fraction of sp³-hybridized carbons (Fsp3) is 0.750. The number of hydrogen-bond donors (Lipinski definition) is 0. The molecule has 0 N–H and O–H groups in total. The third-order valence-electron chi connectivity index (χ3n) is 0.763. The molecule has 0 fully saturated rings. The Morgan fingerprint density at radius 3 is 1.67 bits per heavy atom. The molecule has 1 radical (unpaired) electrons. The standard InChI is InChI=1S/C8H15.Y/c1-7(2)5-6-8(3)4;/h5,7-8H,1-4H3;/q-1;. The summed E-state index contributed by atoms with van der Waals surface area (Å²) in [4.78, 5) is 0. The van der Waals surface area contributed by atoms with Crippen LogP contribution in [0, 0.1) is 17.9 Å². The first-order chi connectivity index (χ1) is 3.63. The summed E-state index contributed by atoms with van der Waals surface area (Å²) in [6.45, 7) is 8.60. The largest absolute Gasteiger partial charge is 0.498 e. The molecule has 0 aliphatic rings. The molecule has 0 aromatic heterocycles. The van der Waals surface area contributed by atoms with E-state index < -0.39 is 0 Å². The molecule has 0 nitrogen and oxygen atoms in total. The van der Waals surface area contributed by atoms with Crippen molar-refractivity contribution in [1.29, 1.82) is 0 Å². The van der Waals surface area contributed by atoms with Crippen LogP contribution < -0.4 is 0 Å². The first kappa shape index (κ1) is 12.5. The summed E-state index contributed by atoms with van der Waals surface area (Å²) in [7, 11) is 0. The molecule has 9 heavy (non-hydrogen) atoms. The second kappa shape index (κ2) is 6.96. The van der Waals surface area contributed by atoms with Gasteiger partial charge < -0.3 is 6.08 Å². The van der Waals surface area contributed by atoms with E-state index in [-0.39, 0.29) is 32.7 Å². The van der Waals surface area contributed by atoms with Crippen LogP contribution in [0.25, 0.3) is 0 Å². The minimum absolute atomic E-state index is 0. The van der Waals surface area contributed by atoms with E-state index in [1.165, 1.54) is 0 Å². The van der Waals surface area contributed by atoms with E-state index in [4.69, 9.17) is 0 Å². The molecule has 0 bridgehead atoms. The fourth-order valence-corrected chi connectivity index (χ4v) is 0.385. The molecule has 0 aromatic carbocycles. The second-order valence-corrected chi connectivity index (χ2v) is 2.73. The normalized spacial score (nSPS) is 10.9. The van der Waals surface area contributed by atoms with Gasteiger partial charge in [-0.1, -0.05) is 33.6 Å². The maximum absolute atomic E-state index is 3.22. The molecule has 0 spiro atoms. The van der Waals surface area contributed by atoms with Gasteiger partial charge in [0, 0.05) is 32.7 Å². The van der Waals surface area contributed by atoms with Crippen molar-refractivity contribution < 1.29 is 32.7 Å². The van der Waals surface area contributed by atoms with E-state index in [0.29, 0.717) is 11.8 Å². The summed E-state index contributed by atoms with van der Waals surface area (Å²) in [6, 6.07) is 0. The average molecular weight is 200 g/mol. The summed E-state index contributed by atoms with van der Waals surface area (Å²) in [5, 5.41) is 0. The summed E-state index contributed by atoms with van der Waals surface area (Å²) in [5.41, 5.74) is 0. The van der Waals surface area contributed by atoms with Crippen LogP contribution in [0.1, 0.15) is 27.7 Å². The Kier molecular flexibility index (Phi) is 9.67. The van der Waals surface area contributed by atoms with Crippen molar-refractivity contribution in [2.24, 2.45) is 11.8 Å². The molecule has 51 valence electrons. The molecule has 0 atom stereocenters. The van der Waals surface area contributed by atoms with Gasteiger partial charge in [0.05, 0.1) is 0 Å². The van der Waals surface area contributed by atoms with Gasteiger partial charge >= 0.3 is 0 Å². The van der Waals surface area contributed by atoms with Gasteiger partial charge in [-0.3, -0.25) is 6.08 Å². The van der Waals surface area contributed by atoms with Crippen LogP contribution >= 0.6 is 0 Å². The van der Waals surface area contributed by atoms with Crippen molar-refractivity contribution in [3.05, 3.63) is 12.2 Å². The predicted octanol–water partition coefficient (Wildman–Crippen LogP) is 2.66. The van der Waals surface area contributed by atoms with Crippen LogP contribution in [0.2, 0.25) is 0 Å². The van der Waals surface area contributed by atoms with E-state index in [1.54, 1.807) is 0 Å². The second-order valence-electron chi connectivity index (χ2n) is 2.73. The molecule has 0 aliphatic heterocycles. The molecule has 1 heteroatoms. The first-order valence-electron chi connectivity index (χ1n) is 3.22. The molecule has 0 heterocycles. The minimum atomic E-state index is 0. The summed E-state index contributed by atoms with van der Waals surface area (Å²) in [6.07, 6.45) is 5.34. The topological polar surface area (TPSA) is 0 Å². The Labute approximate surface area is 84.0 Å². The van der Waals surface area contributed by atoms with Gasteiger partial charge in [-0.2, -0.15) is 5.92 Å². The Hall–Kier alpha value is 0.844. The Morgan fingerprint density at radius 2 is 1.56 bits per heavy atom. The van der Waals surface area contributed by atoms with E-state index >= 15 is 0 Å². The van der Waals surface area contributed by atoms with Gasteiger partial charge in [0.15, 0.2) is 0 Å². The monoisotopic (exact) mass is 200 g/mol. The van der Waals surface area contributed by atoms with Crippen molar-refractivity contribution in [3.63, 3.8) is 0 Å². The van der Waals surface area contributed by atoms with Crippen LogP contribution in [0.5, 0.6) is 0 Å². The molecular weight excluding hydrogens is 185 g/mol. The van der Waals surface area contributed by atoms with Crippen LogP contribution in [0.3, 0.4) is 0 Å². The molecule has 0 unspecified atom stereocenters. The zero-order valence-electron chi connectivity index (χ0n) is 6.81. The fourth-order valence-electron chi connectivity index (χ4n) is 0.385. The summed E-state index contributed by atoms with van der Waals surface area (Å²) >= 11 is 0. The maximum Gasteiger partial charge on any atom is 0 e. The van der Waals surface area contributed by atoms with Crippen LogP contribution in [0.15, 0.2) is 6.08 Å². The van der Waals surface area contributed by atoms with Crippen molar-refractivity contribution in [3.8, 4) is 0 Å². The smallest absolute Gasteiger partial charge is 0 e.